The van der Waals surface area contributed by atoms with E-state index in [0.29, 0.717) is 23.8 Å². The molecule has 0 aliphatic heterocycles. The fraction of sp³-hybridized carbons (Fsp3) is 0.273. The van der Waals surface area contributed by atoms with Crippen molar-refractivity contribution in [2.24, 2.45) is 0 Å². The van der Waals surface area contributed by atoms with Crippen LogP contribution in [0.2, 0.25) is 0 Å². The molecule has 0 spiro atoms. The molecular formula is C11H12N2O3S. The number of methoxy groups -OCH3 is 2. The van der Waals surface area contributed by atoms with E-state index >= 15 is 0 Å². The molecule has 0 unspecified atom stereocenters. The number of aromatic nitrogens is 2. The van der Waals surface area contributed by atoms with Gasteiger partial charge in [0, 0.05) is 0 Å². The molecule has 0 saturated carbocycles. The molecule has 0 saturated heterocycles. The highest BCUT2D eigenvalue weighted by Crippen LogP contribution is 2.28. The molecular weight excluding hydrogens is 240 g/mol. The number of benzene rings is 1. The van der Waals surface area contributed by atoms with Crippen molar-refractivity contribution in [2.45, 2.75) is 6.42 Å². The Labute approximate surface area is 103 Å². The van der Waals surface area contributed by atoms with Gasteiger partial charge in [-0.25, -0.2) is 5.10 Å². The first-order valence-corrected chi connectivity index (χ1v) is 5.39. The molecule has 0 aliphatic carbocycles. The van der Waals surface area contributed by atoms with Gasteiger partial charge in [-0.1, -0.05) is 6.07 Å². The van der Waals surface area contributed by atoms with E-state index in [1.54, 1.807) is 14.2 Å². The maximum atomic E-state index is 5.22. The van der Waals surface area contributed by atoms with Crippen LogP contribution < -0.4 is 9.47 Å². The van der Waals surface area contributed by atoms with Gasteiger partial charge >= 0.3 is 0 Å². The molecule has 6 heteroatoms. The van der Waals surface area contributed by atoms with Gasteiger partial charge in [-0.15, -0.1) is 5.10 Å². The molecule has 90 valence electrons. The van der Waals surface area contributed by atoms with Crippen LogP contribution >= 0.6 is 12.2 Å². The zero-order chi connectivity index (χ0) is 12.3. The molecule has 0 aliphatic rings. The van der Waals surface area contributed by atoms with Crippen molar-refractivity contribution < 1.29 is 13.9 Å². The minimum Gasteiger partial charge on any atom is -0.493 e. The lowest BCUT2D eigenvalue weighted by Gasteiger charge is -2.08. The van der Waals surface area contributed by atoms with Crippen molar-refractivity contribution in [3.05, 3.63) is 34.5 Å². The normalized spacial score (nSPS) is 10.2. The van der Waals surface area contributed by atoms with Crippen LogP contribution in [0.4, 0.5) is 0 Å². The molecule has 0 fully saturated rings. The first kappa shape index (κ1) is 11.7. The Kier molecular flexibility index (Phi) is 3.43. The zero-order valence-corrected chi connectivity index (χ0v) is 10.3. The molecule has 0 atom stereocenters. The summed E-state index contributed by atoms with van der Waals surface area (Å²) in [5.74, 6) is 1.92. The van der Waals surface area contributed by atoms with Crippen LogP contribution in [0.25, 0.3) is 0 Å². The summed E-state index contributed by atoms with van der Waals surface area (Å²) < 4.78 is 15.6. The Morgan fingerprint density at radius 3 is 2.65 bits per heavy atom. The van der Waals surface area contributed by atoms with Crippen LogP contribution in [-0.4, -0.2) is 24.4 Å². The molecule has 0 bridgehead atoms. The number of nitrogens with one attached hydrogen (secondary N) is 1. The Hall–Kier alpha value is -1.82. The summed E-state index contributed by atoms with van der Waals surface area (Å²) in [5, 5.41) is 6.52. The highest BCUT2D eigenvalue weighted by molar-refractivity contribution is 7.71. The number of hydrogen-bond donors (Lipinski definition) is 1. The average molecular weight is 252 g/mol. The summed E-state index contributed by atoms with van der Waals surface area (Å²) >= 11 is 4.81. The molecule has 2 aromatic rings. The van der Waals surface area contributed by atoms with E-state index in [2.05, 4.69) is 10.2 Å². The monoisotopic (exact) mass is 252 g/mol. The molecule has 17 heavy (non-hydrogen) atoms. The molecule has 1 heterocycles. The number of hydrogen-bond acceptors (Lipinski definition) is 5. The van der Waals surface area contributed by atoms with E-state index < -0.39 is 0 Å². The number of rotatable bonds is 4. The Bertz CT molecular complexity index is 562. The molecule has 0 amide bonds. The van der Waals surface area contributed by atoms with Crippen molar-refractivity contribution in [3.8, 4) is 11.5 Å². The average Bonchev–Trinajstić information content (AvgIpc) is 2.74. The van der Waals surface area contributed by atoms with E-state index in [-0.39, 0.29) is 4.84 Å². The van der Waals surface area contributed by atoms with Crippen molar-refractivity contribution in [1.29, 1.82) is 0 Å². The van der Waals surface area contributed by atoms with E-state index in [9.17, 15) is 0 Å². The number of aromatic amines is 1. The second kappa shape index (κ2) is 5.01. The molecule has 1 aromatic carbocycles. The minimum absolute atomic E-state index is 0.278. The summed E-state index contributed by atoms with van der Waals surface area (Å²) in [6.07, 6.45) is 0.549. The Balaban J connectivity index is 2.25. The van der Waals surface area contributed by atoms with Crippen LogP contribution in [0.1, 0.15) is 11.5 Å². The van der Waals surface area contributed by atoms with Crippen LogP contribution in [0.15, 0.2) is 22.6 Å². The smallest absolute Gasteiger partial charge is 0.284 e. The van der Waals surface area contributed by atoms with Crippen molar-refractivity contribution >= 4 is 12.2 Å². The fourth-order valence-corrected chi connectivity index (χ4v) is 1.64. The Morgan fingerprint density at radius 1 is 1.29 bits per heavy atom. The lowest BCUT2D eigenvalue weighted by Crippen LogP contribution is -1.94. The van der Waals surface area contributed by atoms with Gasteiger partial charge in [0.15, 0.2) is 11.5 Å². The zero-order valence-electron chi connectivity index (χ0n) is 9.52. The van der Waals surface area contributed by atoms with Gasteiger partial charge in [-0.05, 0) is 29.9 Å². The highest BCUT2D eigenvalue weighted by Gasteiger charge is 2.07. The minimum atomic E-state index is 0.278. The third-order valence-corrected chi connectivity index (χ3v) is 2.46. The van der Waals surface area contributed by atoms with Gasteiger partial charge in [0.05, 0.1) is 20.6 Å². The molecule has 0 radical (unpaired) electrons. The van der Waals surface area contributed by atoms with Gasteiger partial charge in [-0.3, -0.25) is 0 Å². The summed E-state index contributed by atoms with van der Waals surface area (Å²) in [4.78, 5) is 0.278. The maximum Gasteiger partial charge on any atom is 0.284 e. The van der Waals surface area contributed by atoms with Crippen LogP contribution in [-0.2, 0) is 6.42 Å². The second-order valence-electron chi connectivity index (χ2n) is 3.37. The van der Waals surface area contributed by atoms with Gasteiger partial charge in [0.2, 0.25) is 5.89 Å². The number of H-pyrrole nitrogens is 1. The van der Waals surface area contributed by atoms with Gasteiger partial charge < -0.3 is 13.9 Å². The summed E-state index contributed by atoms with van der Waals surface area (Å²) in [6, 6.07) is 5.65. The van der Waals surface area contributed by atoms with Gasteiger partial charge in [0.25, 0.3) is 4.84 Å². The molecule has 2 rings (SSSR count). The van der Waals surface area contributed by atoms with Crippen LogP contribution in [0.5, 0.6) is 11.5 Å². The third-order valence-electron chi connectivity index (χ3n) is 2.29. The van der Waals surface area contributed by atoms with Crippen molar-refractivity contribution in [2.75, 3.05) is 14.2 Å². The lowest BCUT2D eigenvalue weighted by atomic mass is 10.1. The highest BCUT2D eigenvalue weighted by atomic mass is 32.1. The first-order valence-electron chi connectivity index (χ1n) is 4.98. The summed E-state index contributed by atoms with van der Waals surface area (Å²) in [5.41, 5.74) is 1.01. The summed E-state index contributed by atoms with van der Waals surface area (Å²) in [6.45, 7) is 0. The maximum absolute atomic E-state index is 5.22. The van der Waals surface area contributed by atoms with Crippen molar-refractivity contribution in [3.63, 3.8) is 0 Å². The van der Waals surface area contributed by atoms with Gasteiger partial charge in [0.1, 0.15) is 0 Å². The van der Waals surface area contributed by atoms with Gasteiger partial charge in [-0.2, -0.15) is 0 Å². The second-order valence-corrected chi connectivity index (χ2v) is 3.74. The first-order chi connectivity index (χ1) is 8.22. The van der Waals surface area contributed by atoms with Crippen LogP contribution in [0.3, 0.4) is 0 Å². The predicted molar refractivity (Wildman–Crippen MR) is 64.0 cm³/mol. The quantitative estimate of drug-likeness (QED) is 0.846. The van der Waals surface area contributed by atoms with E-state index in [1.165, 1.54) is 0 Å². The molecule has 5 nitrogen and oxygen atoms in total. The fourth-order valence-electron chi connectivity index (χ4n) is 1.50. The summed E-state index contributed by atoms with van der Waals surface area (Å²) in [7, 11) is 3.20. The Morgan fingerprint density at radius 2 is 2.06 bits per heavy atom. The topological polar surface area (TPSA) is 60.3 Å². The van der Waals surface area contributed by atoms with E-state index in [0.717, 1.165) is 5.56 Å². The molecule has 1 aromatic heterocycles. The van der Waals surface area contributed by atoms with Crippen LogP contribution in [0, 0.1) is 4.84 Å². The standard InChI is InChI=1S/C11H12N2O3S/c1-14-8-4-3-7(5-9(8)15-2)6-10-12-13-11(17)16-10/h3-5H,6H2,1-2H3,(H,13,17). The molecule has 1 N–H and O–H groups in total. The number of ether oxygens (including phenoxy) is 2. The third kappa shape index (κ3) is 2.65. The van der Waals surface area contributed by atoms with E-state index in [1.807, 2.05) is 18.2 Å². The largest absolute Gasteiger partial charge is 0.493 e. The SMILES string of the molecule is COc1ccc(Cc2n[nH]c(=S)o2)cc1OC. The van der Waals surface area contributed by atoms with E-state index in [4.69, 9.17) is 26.1 Å². The predicted octanol–water partition coefficient (Wildman–Crippen LogP) is 2.34. The van der Waals surface area contributed by atoms with Crippen molar-refractivity contribution in [1.82, 2.24) is 10.2 Å². The number of nitrogens with zero attached hydrogens (tertiary/aromatic N) is 1. The lowest BCUT2D eigenvalue weighted by molar-refractivity contribution is 0.354.